The van der Waals surface area contributed by atoms with Crippen LogP contribution >= 0.6 is 11.3 Å². The Morgan fingerprint density at radius 3 is 2.15 bits per heavy atom. The highest BCUT2D eigenvalue weighted by Gasteiger charge is 2.43. The van der Waals surface area contributed by atoms with Crippen LogP contribution in [0.15, 0.2) is 114 Å². The second kappa shape index (κ2) is 18.5. The Balaban J connectivity index is 1.43. The normalized spacial score (nSPS) is 15.2. The monoisotopic (exact) mass is 720 g/mol. The second-order valence-corrected chi connectivity index (χ2v) is 13.9. The first-order valence-corrected chi connectivity index (χ1v) is 18.7. The van der Waals surface area contributed by atoms with Crippen LogP contribution in [0, 0.1) is 29.2 Å². The van der Waals surface area contributed by atoms with Crippen LogP contribution in [0.5, 0.6) is 11.5 Å². The summed E-state index contributed by atoms with van der Waals surface area (Å²) in [5, 5.41) is 19.2. The number of allylic oxidation sites excluding steroid dienone is 1. The summed E-state index contributed by atoms with van der Waals surface area (Å²) in [6.45, 7) is 16.7. The SMILES string of the molecule is [C-]#[N+]C1=C(/C=C/c2ccc(/C=C/c3ccc(N(CCCC)CCCC)cc3OCc3ccc(OC)cc3)s2)C(C)(c2ccccc2)OC1=C(C#N)C#N. The fourth-order valence-electron chi connectivity index (χ4n) is 6.09. The van der Waals surface area contributed by atoms with Gasteiger partial charge in [-0.15, -0.1) is 11.3 Å². The van der Waals surface area contributed by atoms with Crippen molar-refractivity contribution in [2.45, 2.75) is 58.7 Å². The van der Waals surface area contributed by atoms with Gasteiger partial charge in [0.15, 0.2) is 11.3 Å². The number of hydrogen-bond donors (Lipinski definition) is 0. The third kappa shape index (κ3) is 9.27. The molecule has 0 radical (unpaired) electrons. The lowest BCUT2D eigenvalue weighted by molar-refractivity contribution is 0.0755. The quantitative estimate of drug-likeness (QED) is 0.0846. The molecule has 0 fully saturated rings. The van der Waals surface area contributed by atoms with E-state index in [0.29, 0.717) is 12.2 Å². The predicted molar refractivity (Wildman–Crippen MR) is 215 cm³/mol. The molecule has 268 valence electrons. The van der Waals surface area contributed by atoms with Crippen LogP contribution in [0.3, 0.4) is 0 Å². The number of hydrogen-bond acceptors (Lipinski definition) is 7. The van der Waals surface area contributed by atoms with Gasteiger partial charge in [0.25, 0.3) is 0 Å². The van der Waals surface area contributed by atoms with Crippen LogP contribution in [-0.2, 0) is 16.9 Å². The van der Waals surface area contributed by atoms with Crippen molar-refractivity contribution in [2.75, 3.05) is 25.1 Å². The van der Waals surface area contributed by atoms with Gasteiger partial charge in [-0.1, -0.05) is 75.2 Å². The van der Waals surface area contributed by atoms with Gasteiger partial charge in [0.1, 0.15) is 35.8 Å². The molecule has 1 aliphatic rings. The highest BCUT2D eigenvalue weighted by molar-refractivity contribution is 7.13. The van der Waals surface area contributed by atoms with Gasteiger partial charge in [-0.05, 0) is 85.5 Å². The van der Waals surface area contributed by atoms with Gasteiger partial charge in [-0.3, -0.25) is 0 Å². The molecule has 0 saturated heterocycles. The second-order valence-electron chi connectivity index (χ2n) is 12.8. The zero-order chi connectivity index (χ0) is 37.6. The van der Waals surface area contributed by atoms with Gasteiger partial charge >= 0.3 is 0 Å². The van der Waals surface area contributed by atoms with E-state index in [4.69, 9.17) is 20.8 Å². The average molecular weight is 721 g/mol. The van der Waals surface area contributed by atoms with Crippen molar-refractivity contribution in [3.8, 4) is 23.6 Å². The molecule has 0 bridgehead atoms. The zero-order valence-electron chi connectivity index (χ0n) is 30.8. The average Bonchev–Trinajstić information content (AvgIpc) is 3.78. The van der Waals surface area contributed by atoms with Crippen LogP contribution in [0.25, 0.3) is 23.1 Å². The molecule has 7 nitrogen and oxygen atoms in total. The molecule has 2 heterocycles. The van der Waals surface area contributed by atoms with E-state index >= 15 is 0 Å². The molecule has 1 unspecified atom stereocenters. The Hall–Kier alpha value is -6.01. The molecule has 3 aromatic carbocycles. The summed E-state index contributed by atoms with van der Waals surface area (Å²) in [7, 11) is 1.66. The maximum absolute atomic E-state index is 9.61. The van der Waals surface area contributed by atoms with Crippen molar-refractivity contribution in [3.63, 3.8) is 0 Å². The van der Waals surface area contributed by atoms with Gasteiger partial charge < -0.3 is 19.1 Å². The van der Waals surface area contributed by atoms with Crippen molar-refractivity contribution in [1.82, 2.24) is 0 Å². The molecule has 1 atom stereocenters. The molecule has 4 aromatic rings. The highest BCUT2D eigenvalue weighted by Crippen LogP contribution is 2.48. The van der Waals surface area contributed by atoms with Gasteiger partial charge in [0.05, 0.1) is 13.7 Å². The first-order valence-electron chi connectivity index (χ1n) is 17.9. The lowest BCUT2D eigenvalue weighted by atomic mass is 9.87. The largest absolute Gasteiger partial charge is 0.497 e. The van der Waals surface area contributed by atoms with Gasteiger partial charge in [0, 0.05) is 45.7 Å². The molecule has 0 spiro atoms. The summed E-state index contributed by atoms with van der Waals surface area (Å²) >= 11 is 1.61. The van der Waals surface area contributed by atoms with E-state index < -0.39 is 5.60 Å². The lowest BCUT2D eigenvalue weighted by Crippen LogP contribution is -2.25. The van der Waals surface area contributed by atoms with Crippen molar-refractivity contribution in [2.24, 2.45) is 0 Å². The number of nitrogens with zero attached hydrogens (tertiary/aromatic N) is 4. The zero-order valence-corrected chi connectivity index (χ0v) is 31.6. The molecular formula is C45H44N4O3S. The predicted octanol–water partition coefficient (Wildman–Crippen LogP) is 11.3. The van der Waals surface area contributed by atoms with E-state index in [2.05, 4.69) is 60.0 Å². The Morgan fingerprint density at radius 1 is 0.887 bits per heavy atom. The Bertz CT molecular complexity index is 2100. The smallest absolute Gasteiger partial charge is 0.237 e. The number of methoxy groups -OCH3 is 1. The highest BCUT2D eigenvalue weighted by atomic mass is 32.1. The molecule has 53 heavy (non-hydrogen) atoms. The van der Waals surface area contributed by atoms with Crippen LogP contribution < -0.4 is 14.4 Å². The van der Waals surface area contributed by atoms with Gasteiger partial charge in [0.2, 0.25) is 5.70 Å². The molecule has 5 rings (SSSR count). The first-order chi connectivity index (χ1) is 25.9. The molecular weight excluding hydrogens is 677 g/mol. The van der Waals surface area contributed by atoms with Gasteiger partial charge in [-0.25, -0.2) is 4.85 Å². The number of nitriles is 2. The van der Waals surface area contributed by atoms with E-state index in [9.17, 15) is 10.5 Å². The minimum Gasteiger partial charge on any atom is -0.497 e. The van der Waals surface area contributed by atoms with E-state index in [1.54, 1.807) is 18.4 Å². The summed E-state index contributed by atoms with van der Waals surface area (Å²) in [6, 6.07) is 31.8. The van der Waals surface area contributed by atoms with E-state index in [-0.39, 0.29) is 17.0 Å². The lowest BCUT2D eigenvalue weighted by Gasteiger charge is -2.28. The van der Waals surface area contributed by atoms with Crippen LogP contribution in [-0.4, -0.2) is 20.2 Å². The van der Waals surface area contributed by atoms with Crippen molar-refractivity contribution in [1.29, 1.82) is 10.5 Å². The molecule has 8 heteroatoms. The fourth-order valence-corrected chi connectivity index (χ4v) is 6.91. The molecule has 0 aliphatic carbocycles. The third-order valence-corrected chi connectivity index (χ3v) is 10.2. The maximum atomic E-state index is 9.61. The molecule has 0 amide bonds. The third-order valence-electron chi connectivity index (χ3n) is 9.15. The number of unbranched alkanes of at least 4 members (excludes halogenated alkanes) is 2. The van der Waals surface area contributed by atoms with Crippen molar-refractivity contribution < 1.29 is 14.2 Å². The number of rotatable bonds is 16. The minimum absolute atomic E-state index is 0.0145. The van der Waals surface area contributed by atoms with E-state index in [0.717, 1.165) is 76.7 Å². The Kier molecular flexibility index (Phi) is 13.3. The van der Waals surface area contributed by atoms with Crippen LogP contribution in [0.4, 0.5) is 5.69 Å². The van der Waals surface area contributed by atoms with Crippen LogP contribution in [0.2, 0.25) is 0 Å². The summed E-state index contributed by atoms with van der Waals surface area (Å²) in [5.74, 6) is 1.65. The Labute approximate surface area is 317 Å². The first kappa shape index (κ1) is 38.2. The number of ether oxygens (including phenoxy) is 3. The van der Waals surface area contributed by atoms with Gasteiger partial charge in [-0.2, -0.15) is 10.5 Å². The van der Waals surface area contributed by atoms with Crippen molar-refractivity contribution in [3.05, 3.63) is 151 Å². The maximum Gasteiger partial charge on any atom is 0.237 e. The molecule has 1 aliphatic heterocycles. The summed E-state index contributed by atoms with van der Waals surface area (Å²) < 4.78 is 18.1. The van der Waals surface area contributed by atoms with E-state index in [1.165, 1.54) is 5.69 Å². The topological polar surface area (TPSA) is 82.9 Å². The summed E-state index contributed by atoms with van der Waals surface area (Å²) in [4.78, 5) is 8.22. The van der Waals surface area contributed by atoms with Crippen molar-refractivity contribution >= 4 is 35.3 Å². The minimum atomic E-state index is -1.05. The molecule has 0 saturated carbocycles. The summed E-state index contributed by atoms with van der Waals surface area (Å²) in [5.41, 5.74) is 3.50. The van der Waals surface area contributed by atoms with E-state index in [1.807, 2.05) is 91.9 Å². The molecule has 0 N–H and O–H groups in total. The molecule has 1 aromatic heterocycles. The number of thiophene rings is 1. The fraction of sp³-hybridized carbons (Fsp3) is 0.267. The van der Waals surface area contributed by atoms with Crippen LogP contribution in [0.1, 0.15) is 72.9 Å². The Morgan fingerprint density at radius 2 is 1.55 bits per heavy atom. The summed E-state index contributed by atoms with van der Waals surface area (Å²) in [6.07, 6.45) is 12.6. The number of anilines is 1. The number of benzene rings is 3. The standard InChI is InChI=1S/C45H44N4O3S/c1-6-8-27-49(28-9-7-2)37-19-17-34(42(29-37)51-32-33-15-20-38(50-5)21-16-33)18-22-39-23-24-40(53-39)25-26-41-43(48-4)44(35(30-46)31-47)52-45(41,3)36-13-11-10-12-14-36/h10-26,29H,6-9,27-28,32H2,1-3,5H3/b22-18+,26-25+.